The molecular weight excluding hydrogens is 354 g/mol. The SMILES string of the molecule is O=C(Cc1c[nH]c2ccccc12)N1CCN(Cc2ccc3c(c2)OCO3)CC1. The van der Waals surface area contributed by atoms with Crippen LogP contribution in [0.5, 0.6) is 11.5 Å². The standard InChI is InChI=1S/C22H23N3O3/c26-22(12-17-13-23-19-4-2-1-3-18(17)19)25-9-7-24(8-10-25)14-16-5-6-20-21(11-16)28-15-27-20/h1-6,11,13,23H,7-10,12,14-15H2. The van der Waals surface area contributed by atoms with Crippen LogP contribution < -0.4 is 9.47 Å². The molecule has 5 rings (SSSR count). The number of piperazine rings is 1. The largest absolute Gasteiger partial charge is 0.454 e. The van der Waals surface area contributed by atoms with Crippen LogP contribution in [0.15, 0.2) is 48.7 Å². The van der Waals surface area contributed by atoms with Gasteiger partial charge >= 0.3 is 0 Å². The van der Waals surface area contributed by atoms with Crippen molar-refractivity contribution in [3.05, 3.63) is 59.8 Å². The summed E-state index contributed by atoms with van der Waals surface area (Å²) in [7, 11) is 0. The zero-order valence-electron chi connectivity index (χ0n) is 15.7. The van der Waals surface area contributed by atoms with Gasteiger partial charge in [0.15, 0.2) is 11.5 Å². The fraction of sp³-hybridized carbons (Fsp3) is 0.318. The molecule has 1 N–H and O–H groups in total. The van der Waals surface area contributed by atoms with Crippen LogP contribution in [-0.4, -0.2) is 53.7 Å². The second-order valence-corrected chi connectivity index (χ2v) is 7.38. The summed E-state index contributed by atoms with van der Waals surface area (Å²) < 4.78 is 10.8. The Morgan fingerprint density at radius 2 is 1.82 bits per heavy atom. The summed E-state index contributed by atoms with van der Waals surface area (Å²) in [5.41, 5.74) is 3.37. The Morgan fingerprint density at radius 1 is 1.00 bits per heavy atom. The predicted octanol–water partition coefficient (Wildman–Crippen LogP) is 2.78. The van der Waals surface area contributed by atoms with Crippen molar-refractivity contribution in [3.8, 4) is 11.5 Å². The molecule has 0 saturated carbocycles. The number of amides is 1. The van der Waals surface area contributed by atoms with Gasteiger partial charge < -0.3 is 19.4 Å². The molecule has 0 aliphatic carbocycles. The molecular formula is C22H23N3O3. The van der Waals surface area contributed by atoms with Gasteiger partial charge in [0.1, 0.15) is 0 Å². The first kappa shape index (κ1) is 17.1. The van der Waals surface area contributed by atoms with Gasteiger partial charge in [-0.05, 0) is 29.3 Å². The van der Waals surface area contributed by atoms with Crippen molar-refractivity contribution < 1.29 is 14.3 Å². The number of para-hydroxylation sites is 1. The van der Waals surface area contributed by atoms with E-state index in [9.17, 15) is 4.79 Å². The summed E-state index contributed by atoms with van der Waals surface area (Å²) in [4.78, 5) is 20.4. The number of rotatable bonds is 4. The van der Waals surface area contributed by atoms with E-state index in [2.05, 4.69) is 28.1 Å². The maximum atomic E-state index is 12.8. The highest BCUT2D eigenvalue weighted by Gasteiger charge is 2.22. The molecule has 1 aromatic heterocycles. The second kappa shape index (κ2) is 7.20. The summed E-state index contributed by atoms with van der Waals surface area (Å²) >= 11 is 0. The van der Waals surface area contributed by atoms with Gasteiger partial charge in [0, 0.05) is 49.8 Å². The van der Waals surface area contributed by atoms with E-state index >= 15 is 0 Å². The number of benzene rings is 2. The Morgan fingerprint density at radius 3 is 2.71 bits per heavy atom. The molecule has 3 aromatic rings. The molecule has 2 aliphatic heterocycles. The van der Waals surface area contributed by atoms with Gasteiger partial charge in [-0.1, -0.05) is 24.3 Å². The third-order valence-electron chi connectivity index (χ3n) is 5.58. The molecule has 28 heavy (non-hydrogen) atoms. The Labute approximate surface area is 163 Å². The number of carbonyl (C=O) groups excluding carboxylic acids is 1. The second-order valence-electron chi connectivity index (χ2n) is 7.38. The van der Waals surface area contributed by atoms with Crippen molar-refractivity contribution >= 4 is 16.8 Å². The summed E-state index contributed by atoms with van der Waals surface area (Å²) in [6.45, 7) is 4.47. The lowest BCUT2D eigenvalue weighted by molar-refractivity contribution is -0.132. The molecule has 1 saturated heterocycles. The zero-order valence-corrected chi connectivity index (χ0v) is 15.7. The van der Waals surface area contributed by atoms with Crippen LogP contribution in [0.4, 0.5) is 0 Å². The Bertz CT molecular complexity index is 1010. The number of fused-ring (bicyclic) bond motifs is 2. The lowest BCUT2D eigenvalue weighted by Gasteiger charge is -2.34. The highest BCUT2D eigenvalue weighted by molar-refractivity contribution is 5.88. The maximum Gasteiger partial charge on any atom is 0.231 e. The summed E-state index contributed by atoms with van der Waals surface area (Å²) in [5, 5.41) is 1.14. The van der Waals surface area contributed by atoms with Gasteiger partial charge in [-0.3, -0.25) is 9.69 Å². The molecule has 2 aromatic carbocycles. The topological polar surface area (TPSA) is 57.8 Å². The molecule has 0 unspecified atom stereocenters. The molecule has 0 spiro atoms. The molecule has 6 heteroatoms. The van der Waals surface area contributed by atoms with E-state index in [1.165, 1.54) is 5.56 Å². The quantitative estimate of drug-likeness (QED) is 0.760. The average molecular weight is 377 g/mol. The maximum absolute atomic E-state index is 12.8. The molecule has 3 heterocycles. The Balaban J connectivity index is 1.17. The van der Waals surface area contributed by atoms with Gasteiger partial charge in [-0.2, -0.15) is 0 Å². The fourth-order valence-corrected chi connectivity index (χ4v) is 4.01. The third kappa shape index (κ3) is 3.31. The number of nitrogens with zero attached hydrogens (tertiary/aromatic N) is 2. The monoisotopic (exact) mass is 377 g/mol. The number of hydrogen-bond donors (Lipinski definition) is 1. The van der Waals surface area contributed by atoms with Crippen LogP contribution >= 0.6 is 0 Å². The number of aromatic amines is 1. The van der Waals surface area contributed by atoms with Crippen LogP contribution in [-0.2, 0) is 17.8 Å². The van der Waals surface area contributed by atoms with Crippen molar-refractivity contribution in [3.63, 3.8) is 0 Å². The van der Waals surface area contributed by atoms with Crippen molar-refractivity contribution in [2.75, 3.05) is 33.0 Å². The molecule has 0 atom stereocenters. The molecule has 2 aliphatic rings. The van der Waals surface area contributed by atoms with Crippen LogP contribution in [0.2, 0.25) is 0 Å². The van der Waals surface area contributed by atoms with Crippen molar-refractivity contribution in [1.82, 2.24) is 14.8 Å². The minimum absolute atomic E-state index is 0.201. The van der Waals surface area contributed by atoms with E-state index in [0.29, 0.717) is 13.2 Å². The van der Waals surface area contributed by atoms with Crippen molar-refractivity contribution in [2.24, 2.45) is 0 Å². The third-order valence-corrected chi connectivity index (χ3v) is 5.58. The molecule has 0 bridgehead atoms. The van der Waals surface area contributed by atoms with Crippen molar-refractivity contribution in [2.45, 2.75) is 13.0 Å². The number of nitrogens with one attached hydrogen (secondary N) is 1. The van der Waals surface area contributed by atoms with Gasteiger partial charge in [-0.15, -0.1) is 0 Å². The Hall–Kier alpha value is -2.99. The smallest absolute Gasteiger partial charge is 0.231 e. The summed E-state index contributed by atoms with van der Waals surface area (Å²) in [6.07, 6.45) is 2.41. The normalized spacial score (nSPS) is 16.6. The van der Waals surface area contributed by atoms with Gasteiger partial charge in [0.25, 0.3) is 0 Å². The van der Waals surface area contributed by atoms with Gasteiger partial charge in [0.2, 0.25) is 12.7 Å². The van der Waals surface area contributed by atoms with Crippen LogP contribution in [0.3, 0.4) is 0 Å². The van der Waals surface area contributed by atoms with Crippen LogP contribution in [0.25, 0.3) is 10.9 Å². The average Bonchev–Trinajstić information content (AvgIpc) is 3.35. The zero-order chi connectivity index (χ0) is 18.9. The Kier molecular flexibility index (Phi) is 4.41. The first-order chi connectivity index (χ1) is 13.8. The van der Waals surface area contributed by atoms with E-state index in [0.717, 1.165) is 60.7 Å². The molecule has 0 radical (unpaired) electrons. The molecule has 144 valence electrons. The summed E-state index contributed by atoms with van der Waals surface area (Å²) in [6, 6.07) is 14.2. The van der Waals surface area contributed by atoms with Crippen LogP contribution in [0.1, 0.15) is 11.1 Å². The fourth-order valence-electron chi connectivity index (χ4n) is 4.01. The predicted molar refractivity (Wildman–Crippen MR) is 106 cm³/mol. The van der Waals surface area contributed by atoms with Crippen molar-refractivity contribution in [1.29, 1.82) is 0 Å². The number of H-pyrrole nitrogens is 1. The molecule has 1 fully saturated rings. The van der Waals surface area contributed by atoms with E-state index in [4.69, 9.17) is 9.47 Å². The highest BCUT2D eigenvalue weighted by atomic mass is 16.7. The van der Waals surface area contributed by atoms with Crippen LogP contribution in [0, 0.1) is 0 Å². The van der Waals surface area contributed by atoms with Gasteiger partial charge in [0.05, 0.1) is 6.42 Å². The van der Waals surface area contributed by atoms with E-state index in [1.54, 1.807) is 0 Å². The van der Waals surface area contributed by atoms with E-state index < -0.39 is 0 Å². The minimum Gasteiger partial charge on any atom is -0.454 e. The summed E-state index contributed by atoms with van der Waals surface area (Å²) in [5.74, 6) is 1.84. The van der Waals surface area contributed by atoms with E-state index in [-0.39, 0.29) is 5.91 Å². The first-order valence-electron chi connectivity index (χ1n) is 9.70. The van der Waals surface area contributed by atoms with E-state index in [1.807, 2.05) is 35.4 Å². The van der Waals surface area contributed by atoms with Gasteiger partial charge in [-0.25, -0.2) is 0 Å². The first-order valence-corrected chi connectivity index (χ1v) is 9.70. The minimum atomic E-state index is 0.201. The number of carbonyl (C=O) groups is 1. The highest BCUT2D eigenvalue weighted by Crippen LogP contribution is 2.32. The number of ether oxygens (including phenoxy) is 2. The molecule has 1 amide bonds. The molecule has 6 nitrogen and oxygen atoms in total. The number of aromatic nitrogens is 1. The lowest BCUT2D eigenvalue weighted by atomic mass is 10.1. The lowest BCUT2D eigenvalue weighted by Crippen LogP contribution is -2.48. The number of hydrogen-bond acceptors (Lipinski definition) is 4.